The van der Waals surface area contributed by atoms with Gasteiger partial charge in [-0.3, -0.25) is 4.79 Å². The molecular weight excluding hydrogens is 519 g/mol. The van der Waals surface area contributed by atoms with Crippen molar-refractivity contribution < 1.29 is 18.1 Å². The number of halogens is 2. The van der Waals surface area contributed by atoms with Crippen molar-refractivity contribution in [2.75, 3.05) is 38.0 Å². The Hall–Kier alpha value is -2.62. The van der Waals surface area contributed by atoms with Crippen LogP contribution in [0, 0.1) is 0 Å². The number of hydrogen-bond acceptors (Lipinski definition) is 3. The number of hydrogen-bond donors (Lipinski definition) is 2. The zero-order valence-corrected chi connectivity index (χ0v) is 22.1. The molecule has 7 nitrogen and oxygen atoms in total. The number of aromatic nitrogens is 1. The summed E-state index contributed by atoms with van der Waals surface area (Å²) in [6.07, 6.45) is 0. The first-order valence-electron chi connectivity index (χ1n) is 11.9. The minimum absolute atomic E-state index is 0.0117. The van der Waals surface area contributed by atoms with Crippen molar-refractivity contribution in [2.24, 2.45) is 0 Å². The highest BCUT2D eigenvalue weighted by molar-refractivity contribution is 7.89. The van der Waals surface area contributed by atoms with Gasteiger partial charge in [-0.25, -0.2) is 8.42 Å². The maximum atomic E-state index is 13.0. The molecule has 2 N–H and O–H groups in total. The molecular formula is C26H27Cl2N4O3S+. The molecule has 1 aliphatic heterocycles. The number of quaternary nitrogens is 1. The Morgan fingerprint density at radius 1 is 0.972 bits per heavy atom. The van der Waals surface area contributed by atoms with Crippen LogP contribution >= 0.6 is 23.2 Å². The number of aryl methyl sites for hydroxylation is 1. The molecule has 0 saturated carbocycles. The number of anilines is 1. The molecule has 0 bridgehead atoms. The summed E-state index contributed by atoms with van der Waals surface area (Å²) in [7, 11) is -3.75. The number of piperazine rings is 1. The van der Waals surface area contributed by atoms with Crippen LogP contribution < -0.4 is 10.2 Å². The molecule has 3 aromatic carbocycles. The lowest BCUT2D eigenvalue weighted by Gasteiger charge is -2.31. The van der Waals surface area contributed by atoms with Crippen molar-refractivity contribution in [3.05, 3.63) is 70.7 Å². The van der Waals surface area contributed by atoms with E-state index >= 15 is 0 Å². The van der Waals surface area contributed by atoms with E-state index in [1.807, 2.05) is 30.3 Å². The Morgan fingerprint density at radius 3 is 2.44 bits per heavy atom. The lowest BCUT2D eigenvalue weighted by atomic mass is 10.1. The van der Waals surface area contributed by atoms with Gasteiger partial charge in [0.25, 0.3) is 5.91 Å². The van der Waals surface area contributed by atoms with Crippen molar-refractivity contribution in [3.8, 4) is 0 Å². The van der Waals surface area contributed by atoms with Gasteiger partial charge in [-0.1, -0.05) is 41.4 Å². The first-order valence-corrected chi connectivity index (χ1v) is 14.1. The zero-order chi connectivity index (χ0) is 25.4. The average Bonchev–Trinajstić information content (AvgIpc) is 3.18. The standard InChI is InChI=1S/C26H26Cl2N4O3S/c1-2-32-23-6-4-3-5-20(23)21-16-19(8-10-24(21)32)29-26(33)17-30-11-13-31(14-12-30)36(34,35)25-15-18(27)7-9-22(25)28/h3-10,15-16H,2,11-14,17H2,1H3,(H,29,33)/p+1. The number of fused-ring (bicyclic) bond motifs is 3. The molecule has 10 heteroatoms. The normalized spacial score (nSPS) is 15.5. The van der Waals surface area contributed by atoms with Crippen molar-refractivity contribution in [1.82, 2.24) is 8.87 Å². The fourth-order valence-corrected chi connectivity index (χ4v) is 7.12. The summed E-state index contributed by atoms with van der Waals surface area (Å²) >= 11 is 12.1. The van der Waals surface area contributed by atoms with E-state index in [0.717, 1.165) is 33.4 Å². The number of benzene rings is 3. The van der Waals surface area contributed by atoms with E-state index in [1.54, 1.807) is 6.07 Å². The van der Waals surface area contributed by atoms with Gasteiger partial charge in [0.1, 0.15) is 4.90 Å². The molecule has 0 atom stereocenters. The van der Waals surface area contributed by atoms with Crippen LogP contribution in [-0.4, -0.2) is 55.9 Å². The number of carbonyl (C=O) groups is 1. The fraction of sp³-hybridized carbons (Fsp3) is 0.269. The Kier molecular flexibility index (Phi) is 6.98. The second kappa shape index (κ2) is 10.0. The number of carbonyl (C=O) groups excluding carboxylic acids is 1. The van der Waals surface area contributed by atoms with Gasteiger partial charge in [0.15, 0.2) is 6.54 Å². The number of sulfonamides is 1. The van der Waals surface area contributed by atoms with Crippen LogP contribution in [0.4, 0.5) is 5.69 Å². The topological polar surface area (TPSA) is 75.8 Å². The van der Waals surface area contributed by atoms with Gasteiger partial charge in [0.05, 0.1) is 31.2 Å². The molecule has 1 aliphatic rings. The summed E-state index contributed by atoms with van der Waals surface area (Å²) in [5.41, 5.74) is 3.07. The Bertz CT molecular complexity index is 1560. The molecule has 0 unspecified atom stereocenters. The Morgan fingerprint density at radius 2 is 1.69 bits per heavy atom. The average molecular weight is 547 g/mol. The lowest BCUT2D eigenvalue weighted by molar-refractivity contribution is -0.895. The summed E-state index contributed by atoms with van der Waals surface area (Å²) in [5.74, 6) is -0.0993. The van der Waals surface area contributed by atoms with E-state index in [4.69, 9.17) is 23.2 Å². The molecule has 36 heavy (non-hydrogen) atoms. The lowest BCUT2D eigenvalue weighted by Crippen LogP contribution is -3.15. The van der Waals surface area contributed by atoms with E-state index in [9.17, 15) is 13.2 Å². The minimum Gasteiger partial charge on any atom is -0.341 e. The molecule has 5 rings (SSSR count). The number of rotatable bonds is 6. The summed E-state index contributed by atoms with van der Waals surface area (Å²) in [5, 5.41) is 5.75. The summed E-state index contributed by atoms with van der Waals surface area (Å²) in [6, 6.07) is 18.7. The Balaban J connectivity index is 1.24. The quantitative estimate of drug-likeness (QED) is 0.388. The van der Waals surface area contributed by atoms with Gasteiger partial charge in [-0.15, -0.1) is 0 Å². The minimum atomic E-state index is -3.75. The Labute approximate surface area is 220 Å². The monoisotopic (exact) mass is 545 g/mol. The molecule has 1 fully saturated rings. The van der Waals surface area contributed by atoms with Crippen molar-refractivity contribution >= 4 is 66.6 Å². The zero-order valence-electron chi connectivity index (χ0n) is 19.8. The van der Waals surface area contributed by atoms with Gasteiger partial charge in [-0.05, 0) is 49.4 Å². The maximum absolute atomic E-state index is 13.0. The van der Waals surface area contributed by atoms with Crippen molar-refractivity contribution in [3.63, 3.8) is 0 Å². The highest BCUT2D eigenvalue weighted by atomic mass is 35.5. The summed E-state index contributed by atoms with van der Waals surface area (Å²) in [4.78, 5) is 13.9. The highest BCUT2D eigenvalue weighted by Gasteiger charge is 2.32. The second-order valence-corrected chi connectivity index (χ2v) is 11.7. The van der Waals surface area contributed by atoms with E-state index in [2.05, 4.69) is 28.9 Å². The third-order valence-corrected chi connectivity index (χ3v) is 9.34. The molecule has 0 aliphatic carbocycles. The van der Waals surface area contributed by atoms with Crippen LogP contribution in [0.5, 0.6) is 0 Å². The third-order valence-electron chi connectivity index (χ3n) is 6.72. The van der Waals surface area contributed by atoms with Crippen LogP contribution in [0.25, 0.3) is 21.8 Å². The molecule has 4 aromatic rings. The molecule has 0 radical (unpaired) electrons. The van der Waals surface area contributed by atoms with E-state index in [1.165, 1.54) is 22.0 Å². The van der Waals surface area contributed by atoms with Gasteiger partial charge >= 0.3 is 0 Å². The number of nitrogens with one attached hydrogen (secondary N) is 2. The van der Waals surface area contributed by atoms with Crippen LogP contribution in [0.3, 0.4) is 0 Å². The van der Waals surface area contributed by atoms with Crippen LogP contribution in [-0.2, 0) is 21.4 Å². The third kappa shape index (κ3) is 4.71. The molecule has 0 spiro atoms. The fourth-order valence-electron chi connectivity index (χ4n) is 4.94. The molecule has 1 saturated heterocycles. The van der Waals surface area contributed by atoms with E-state index in [-0.39, 0.29) is 22.4 Å². The van der Waals surface area contributed by atoms with Gasteiger partial charge in [0.2, 0.25) is 10.0 Å². The molecule has 1 aromatic heterocycles. The largest absolute Gasteiger partial charge is 0.341 e. The van der Waals surface area contributed by atoms with Crippen LogP contribution in [0.1, 0.15) is 6.92 Å². The second-order valence-electron chi connectivity index (χ2n) is 8.95. The SMILES string of the molecule is CCn1c2ccccc2c2cc(NC(=O)C[NH+]3CCN(S(=O)(=O)c4cc(Cl)ccc4Cl)CC3)ccc21. The molecule has 2 heterocycles. The first-order chi connectivity index (χ1) is 17.3. The van der Waals surface area contributed by atoms with Gasteiger partial charge in [0, 0.05) is 39.1 Å². The van der Waals surface area contributed by atoms with E-state index < -0.39 is 10.0 Å². The van der Waals surface area contributed by atoms with Crippen molar-refractivity contribution in [1.29, 1.82) is 0 Å². The van der Waals surface area contributed by atoms with E-state index in [0.29, 0.717) is 31.2 Å². The van der Waals surface area contributed by atoms with Gasteiger partial charge < -0.3 is 14.8 Å². The van der Waals surface area contributed by atoms with Gasteiger partial charge in [-0.2, -0.15) is 4.31 Å². The summed E-state index contributed by atoms with van der Waals surface area (Å²) in [6.45, 7) is 4.90. The van der Waals surface area contributed by atoms with Crippen molar-refractivity contribution in [2.45, 2.75) is 18.4 Å². The predicted octanol–water partition coefficient (Wildman–Crippen LogP) is 3.65. The number of para-hydroxylation sites is 1. The number of amides is 1. The van der Waals surface area contributed by atoms with Crippen LogP contribution in [0.2, 0.25) is 10.0 Å². The number of nitrogens with zero attached hydrogens (tertiary/aromatic N) is 2. The molecule has 188 valence electrons. The van der Waals surface area contributed by atoms with Crippen LogP contribution in [0.15, 0.2) is 65.6 Å². The smallest absolute Gasteiger partial charge is 0.279 e. The maximum Gasteiger partial charge on any atom is 0.279 e. The predicted molar refractivity (Wildman–Crippen MR) is 145 cm³/mol. The highest BCUT2D eigenvalue weighted by Crippen LogP contribution is 2.31. The molecule has 1 amide bonds. The first kappa shape index (κ1) is 25.0. The summed E-state index contributed by atoms with van der Waals surface area (Å²) < 4.78 is 29.8.